The summed E-state index contributed by atoms with van der Waals surface area (Å²) >= 11 is 3.55. The van der Waals surface area contributed by atoms with Crippen LogP contribution in [-0.2, 0) is 17.9 Å². The van der Waals surface area contributed by atoms with Gasteiger partial charge in [-0.1, -0.05) is 21.1 Å². The summed E-state index contributed by atoms with van der Waals surface area (Å²) in [6.07, 6.45) is 1.77. The number of hydrogen-bond donors (Lipinski definition) is 0. The molecule has 9 nitrogen and oxygen atoms in total. The van der Waals surface area contributed by atoms with Gasteiger partial charge in [-0.15, -0.1) is 10.2 Å². The predicted molar refractivity (Wildman–Crippen MR) is 98.1 cm³/mol. The fraction of sp³-hybridized carbons (Fsp3) is 0.235. The van der Waals surface area contributed by atoms with E-state index in [1.165, 1.54) is 0 Å². The van der Waals surface area contributed by atoms with Crippen molar-refractivity contribution in [1.82, 2.24) is 34.5 Å². The van der Waals surface area contributed by atoms with Gasteiger partial charge >= 0.3 is 0 Å². The Morgan fingerprint density at radius 3 is 2.96 bits per heavy atom. The van der Waals surface area contributed by atoms with Crippen LogP contribution in [0.1, 0.15) is 17.3 Å². The number of methoxy groups -OCH3 is 1. The first-order chi connectivity index (χ1) is 13.2. The summed E-state index contributed by atoms with van der Waals surface area (Å²) in [4.78, 5) is 8.88. The van der Waals surface area contributed by atoms with E-state index in [0.29, 0.717) is 30.6 Å². The molecule has 5 rings (SSSR count). The van der Waals surface area contributed by atoms with Gasteiger partial charge in [0.25, 0.3) is 5.89 Å². The molecule has 1 aliphatic heterocycles. The number of hydrogen-bond acceptors (Lipinski definition) is 7. The van der Waals surface area contributed by atoms with Gasteiger partial charge < -0.3 is 13.8 Å². The van der Waals surface area contributed by atoms with Crippen molar-refractivity contribution in [3.8, 4) is 28.7 Å². The molecule has 0 unspecified atom stereocenters. The Morgan fingerprint density at radius 2 is 2.19 bits per heavy atom. The van der Waals surface area contributed by atoms with E-state index in [1.807, 2.05) is 27.3 Å². The Labute approximate surface area is 162 Å². The lowest BCUT2D eigenvalue weighted by Crippen LogP contribution is -2.09. The zero-order valence-corrected chi connectivity index (χ0v) is 16.1. The van der Waals surface area contributed by atoms with Gasteiger partial charge in [0.15, 0.2) is 23.2 Å². The van der Waals surface area contributed by atoms with Crippen molar-refractivity contribution in [3.63, 3.8) is 0 Å². The topological polar surface area (TPSA) is 96.7 Å². The Morgan fingerprint density at radius 1 is 1.30 bits per heavy atom. The first-order valence-electron chi connectivity index (χ1n) is 8.24. The van der Waals surface area contributed by atoms with Crippen LogP contribution in [0, 0.1) is 6.92 Å². The van der Waals surface area contributed by atoms with Gasteiger partial charge in [0.05, 0.1) is 17.9 Å². The number of fused-ring (bicyclic) bond motifs is 5. The maximum atomic E-state index is 5.36. The lowest BCUT2D eigenvalue weighted by atomic mass is 10.1. The van der Waals surface area contributed by atoms with Crippen molar-refractivity contribution >= 4 is 15.9 Å². The molecule has 27 heavy (non-hydrogen) atoms. The fourth-order valence-electron chi connectivity index (χ4n) is 3.29. The van der Waals surface area contributed by atoms with Crippen molar-refractivity contribution in [2.45, 2.75) is 20.1 Å². The third-order valence-electron chi connectivity index (χ3n) is 4.46. The van der Waals surface area contributed by atoms with Crippen molar-refractivity contribution in [2.75, 3.05) is 7.11 Å². The summed E-state index contributed by atoms with van der Waals surface area (Å²) in [5.41, 5.74) is 3.47. The maximum absolute atomic E-state index is 5.36. The molecule has 0 N–H and O–H groups in total. The van der Waals surface area contributed by atoms with Crippen molar-refractivity contribution in [2.24, 2.45) is 0 Å². The van der Waals surface area contributed by atoms with Gasteiger partial charge in [-0.2, -0.15) is 4.98 Å². The monoisotopic (exact) mass is 427 g/mol. The SMILES string of the molecule is COCc1nnc2n1Cc1c(-c3nc(C)no3)ncn1-c1ccc(Br)cc1-2. The second-order valence-corrected chi connectivity index (χ2v) is 7.09. The van der Waals surface area contributed by atoms with Crippen LogP contribution in [0.15, 0.2) is 33.5 Å². The van der Waals surface area contributed by atoms with Crippen molar-refractivity contribution < 1.29 is 9.26 Å². The number of benzene rings is 1. The average Bonchev–Trinajstić information content (AvgIpc) is 3.34. The van der Waals surface area contributed by atoms with Crippen molar-refractivity contribution in [3.05, 3.63) is 46.3 Å². The average molecular weight is 428 g/mol. The minimum absolute atomic E-state index is 0.361. The lowest BCUT2D eigenvalue weighted by molar-refractivity contribution is 0.174. The van der Waals surface area contributed by atoms with E-state index in [0.717, 1.165) is 33.1 Å². The van der Waals surface area contributed by atoms with Crippen LogP contribution in [0.4, 0.5) is 0 Å². The number of aromatic nitrogens is 7. The summed E-state index contributed by atoms with van der Waals surface area (Å²) in [6.45, 7) is 2.65. The molecule has 0 amide bonds. The molecule has 0 fully saturated rings. The highest BCUT2D eigenvalue weighted by Crippen LogP contribution is 2.36. The Kier molecular flexibility index (Phi) is 3.69. The van der Waals surface area contributed by atoms with Gasteiger partial charge in [0.1, 0.15) is 12.9 Å². The summed E-state index contributed by atoms with van der Waals surface area (Å²) < 4.78 is 15.7. The molecular weight excluding hydrogens is 414 g/mol. The van der Waals surface area contributed by atoms with E-state index in [2.05, 4.69) is 41.3 Å². The number of ether oxygens (including phenoxy) is 1. The molecule has 3 aromatic heterocycles. The summed E-state index contributed by atoms with van der Waals surface area (Å²) in [5.74, 6) is 2.47. The lowest BCUT2D eigenvalue weighted by Gasteiger charge is -2.08. The molecule has 0 bridgehead atoms. The Hall–Kier alpha value is -2.85. The molecule has 136 valence electrons. The minimum atomic E-state index is 0.361. The largest absolute Gasteiger partial charge is 0.377 e. The summed E-state index contributed by atoms with van der Waals surface area (Å²) in [5, 5.41) is 12.6. The number of halogens is 1. The van der Waals surface area contributed by atoms with E-state index in [4.69, 9.17) is 9.26 Å². The molecule has 0 radical (unpaired) electrons. The number of aryl methyl sites for hydroxylation is 1. The van der Waals surface area contributed by atoms with E-state index >= 15 is 0 Å². The number of nitrogens with zero attached hydrogens (tertiary/aromatic N) is 7. The Bertz CT molecular complexity index is 1160. The summed E-state index contributed by atoms with van der Waals surface area (Å²) in [7, 11) is 1.64. The van der Waals surface area contributed by atoms with Gasteiger partial charge in [0.2, 0.25) is 0 Å². The van der Waals surface area contributed by atoms with E-state index in [-0.39, 0.29) is 0 Å². The molecule has 0 spiro atoms. The molecule has 0 aliphatic carbocycles. The van der Waals surface area contributed by atoms with Gasteiger partial charge in [-0.05, 0) is 25.1 Å². The third-order valence-corrected chi connectivity index (χ3v) is 4.96. The first-order valence-corrected chi connectivity index (χ1v) is 9.03. The van der Waals surface area contributed by atoms with E-state index in [1.54, 1.807) is 20.4 Å². The maximum Gasteiger partial charge on any atom is 0.278 e. The van der Waals surface area contributed by atoms with Crippen LogP contribution >= 0.6 is 15.9 Å². The molecular formula is C17H14BrN7O2. The van der Waals surface area contributed by atoms with Crippen LogP contribution in [-0.4, -0.2) is 41.6 Å². The van der Waals surface area contributed by atoms with Crippen LogP contribution in [0.2, 0.25) is 0 Å². The molecule has 0 atom stereocenters. The van der Waals surface area contributed by atoms with Gasteiger partial charge in [0, 0.05) is 17.1 Å². The van der Waals surface area contributed by atoms with Crippen LogP contribution in [0.5, 0.6) is 0 Å². The molecule has 4 aromatic rings. The van der Waals surface area contributed by atoms with E-state index in [9.17, 15) is 0 Å². The first kappa shape index (κ1) is 16.3. The number of imidazole rings is 1. The second-order valence-electron chi connectivity index (χ2n) is 6.18. The predicted octanol–water partition coefficient (Wildman–Crippen LogP) is 2.76. The highest BCUT2D eigenvalue weighted by Gasteiger charge is 2.28. The smallest absolute Gasteiger partial charge is 0.278 e. The molecule has 1 aromatic carbocycles. The normalized spacial score (nSPS) is 12.4. The standard InChI is InChI=1S/C17H14BrN7O2/c1-9-20-17(27-23-9)15-13-6-24-14(7-26-2)21-22-16(24)11-5-10(18)3-4-12(11)25(13)8-19-15/h3-5,8H,6-7H2,1-2H3. The molecule has 1 aliphatic rings. The van der Waals surface area contributed by atoms with Crippen LogP contribution in [0.3, 0.4) is 0 Å². The molecule has 10 heteroatoms. The molecule has 4 heterocycles. The molecule has 0 saturated carbocycles. The minimum Gasteiger partial charge on any atom is -0.377 e. The Balaban J connectivity index is 1.79. The third kappa shape index (κ3) is 2.52. The quantitative estimate of drug-likeness (QED) is 0.436. The van der Waals surface area contributed by atoms with Gasteiger partial charge in [-0.3, -0.25) is 4.57 Å². The zero-order chi connectivity index (χ0) is 18.5. The fourth-order valence-corrected chi connectivity index (χ4v) is 3.65. The van der Waals surface area contributed by atoms with E-state index < -0.39 is 0 Å². The van der Waals surface area contributed by atoms with Crippen LogP contribution in [0.25, 0.3) is 28.7 Å². The highest BCUT2D eigenvalue weighted by molar-refractivity contribution is 9.10. The highest BCUT2D eigenvalue weighted by atomic mass is 79.9. The number of rotatable bonds is 3. The van der Waals surface area contributed by atoms with Crippen LogP contribution < -0.4 is 0 Å². The zero-order valence-electron chi connectivity index (χ0n) is 14.5. The van der Waals surface area contributed by atoms with Crippen molar-refractivity contribution in [1.29, 1.82) is 0 Å². The molecule has 0 saturated heterocycles. The summed E-state index contributed by atoms with van der Waals surface area (Å²) in [6, 6.07) is 6.03. The second kappa shape index (κ2) is 6.10. The van der Waals surface area contributed by atoms with Gasteiger partial charge in [-0.25, -0.2) is 4.98 Å².